The van der Waals surface area contributed by atoms with Crippen molar-refractivity contribution >= 4 is 43.6 Å². The molecule has 0 saturated carbocycles. The van der Waals surface area contributed by atoms with E-state index in [1.54, 1.807) is 0 Å². The van der Waals surface area contributed by atoms with E-state index in [0.717, 1.165) is 55.8 Å². The van der Waals surface area contributed by atoms with E-state index >= 15 is 0 Å². The Morgan fingerprint density at radius 2 is 0.911 bits per heavy atom. The van der Waals surface area contributed by atoms with Gasteiger partial charge in [-0.2, -0.15) is 5.26 Å². The van der Waals surface area contributed by atoms with E-state index in [-0.39, 0.29) is 0 Å². The first-order valence-electron chi connectivity index (χ1n) is 19.1. The molecule has 4 nitrogen and oxygen atoms in total. The van der Waals surface area contributed by atoms with Gasteiger partial charge >= 0.3 is 0 Å². The zero-order valence-corrected chi connectivity index (χ0v) is 31.8. The smallest absolute Gasteiger partial charge is 0.138 e. The van der Waals surface area contributed by atoms with Crippen LogP contribution >= 0.6 is 0 Å². The SMILES string of the molecule is Cc1cc(C)cc(-c2ccc3c4ccccc4n(-c4cc(-c5ccccc5C#N)c(-n5c6ccccc6c6ccc(-c7cc(C)cc(C)c7)cc65)cn4)c3c2)c1. The fraction of sp³-hybridized carbons (Fsp3) is 0.0769. The third-order valence-corrected chi connectivity index (χ3v) is 11.1. The number of rotatable bonds is 5. The van der Waals surface area contributed by atoms with Crippen LogP contribution in [-0.4, -0.2) is 14.1 Å². The molecular weight excluding hydrogens is 681 g/mol. The van der Waals surface area contributed by atoms with Crippen LogP contribution in [0.15, 0.2) is 158 Å². The van der Waals surface area contributed by atoms with Gasteiger partial charge in [-0.15, -0.1) is 0 Å². The number of benzene rings is 7. The number of pyridine rings is 1. The number of fused-ring (bicyclic) bond motifs is 6. The average Bonchev–Trinajstić information content (AvgIpc) is 3.72. The fourth-order valence-corrected chi connectivity index (χ4v) is 8.86. The monoisotopic (exact) mass is 718 g/mol. The van der Waals surface area contributed by atoms with E-state index in [4.69, 9.17) is 4.98 Å². The Hall–Kier alpha value is -7.22. The number of para-hydroxylation sites is 2. The number of aromatic nitrogens is 3. The predicted molar refractivity (Wildman–Crippen MR) is 233 cm³/mol. The van der Waals surface area contributed by atoms with Gasteiger partial charge < -0.3 is 4.57 Å². The molecule has 266 valence electrons. The summed E-state index contributed by atoms with van der Waals surface area (Å²) in [6.07, 6.45) is 2.00. The number of nitrogens with zero attached hydrogens (tertiary/aromatic N) is 4. The number of hydrogen-bond acceptors (Lipinski definition) is 2. The van der Waals surface area contributed by atoms with E-state index in [1.165, 1.54) is 54.9 Å². The molecule has 0 spiro atoms. The maximum Gasteiger partial charge on any atom is 0.138 e. The highest BCUT2D eigenvalue weighted by molar-refractivity contribution is 6.12. The molecule has 7 aromatic carbocycles. The summed E-state index contributed by atoms with van der Waals surface area (Å²) in [6, 6.07) is 56.7. The van der Waals surface area contributed by atoms with Crippen molar-refractivity contribution in [1.29, 1.82) is 5.26 Å². The Bertz CT molecular complexity index is 3220. The van der Waals surface area contributed by atoms with Gasteiger partial charge in [-0.25, -0.2) is 4.98 Å². The van der Waals surface area contributed by atoms with Gasteiger partial charge in [0, 0.05) is 32.7 Å². The van der Waals surface area contributed by atoms with Gasteiger partial charge in [0.25, 0.3) is 0 Å². The Labute approximate surface area is 326 Å². The van der Waals surface area contributed by atoms with Crippen LogP contribution in [0.5, 0.6) is 0 Å². The van der Waals surface area contributed by atoms with Crippen LogP contribution in [0.25, 0.3) is 88.5 Å². The van der Waals surface area contributed by atoms with E-state index in [1.807, 2.05) is 24.4 Å². The minimum Gasteiger partial charge on any atom is -0.307 e. The Kier molecular flexibility index (Phi) is 7.73. The Balaban J connectivity index is 1.27. The highest BCUT2D eigenvalue weighted by Crippen LogP contribution is 2.41. The van der Waals surface area contributed by atoms with Crippen molar-refractivity contribution in [2.75, 3.05) is 0 Å². The summed E-state index contributed by atoms with van der Waals surface area (Å²) >= 11 is 0. The number of aryl methyl sites for hydroxylation is 4. The van der Waals surface area contributed by atoms with Crippen LogP contribution in [0.3, 0.4) is 0 Å². The molecular formula is C52H38N4. The lowest BCUT2D eigenvalue weighted by Crippen LogP contribution is -2.04. The average molecular weight is 719 g/mol. The standard InChI is InChI=1S/C52H38N4/c1-32-21-33(2)24-39(23-32)36-17-19-44-42-13-7-9-15-47(42)55(49(44)27-36)51-31-54-52(29-46(51)41-12-6-5-11-38(41)30-53)56-48-16-10-8-14-43(48)45-20-18-37(28-50(45)56)40-25-34(3)22-35(4)26-40/h5-29,31H,1-4H3. The minimum atomic E-state index is 0.613. The van der Waals surface area contributed by atoms with E-state index in [9.17, 15) is 5.26 Å². The van der Waals surface area contributed by atoms with Crippen LogP contribution in [-0.2, 0) is 0 Å². The summed E-state index contributed by atoms with van der Waals surface area (Å²) in [5.74, 6) is 0.789. The Morgan fingerprint density at radius 1 is 0.429 bits per heavy atom. The van der Waals surface area contributed by atoms with Crippen LogP contribution in [0.4, 0.5) is 0 Å². The molecule has 56 heavy (non-hydrogen) atoms. The normalized spacial score (nSPS) is 11.6. The third kappa shape index (κ3) is 5.40. The summed E-state index contributed by atoms with van der Waals surface area (Å²) in [4.78, 5) is 5.33. The molecule has 0 amide bonds. The molecule has 0 radical (unpaired) electrons. The molecule has 0 saturated heterocycles. The highest BCUT2D eigenvalue weighted by Gasteiger charge is 2.21. The van der Waals surface area contributed by atoms with Gasteiger partial charge in [0.2, 0.25) is 0 Å². The van der Waals surface area contributed by atoms with Crippen LogP contribution < -0.4 is 0 Å². The van der Waals surface area contributed by atoms with Gasteiger partial charge in [-0.05, 0) is 86.3 Å². The van der Waals surface area contributed by atoms with Gasteiger partial charge in [0.15, 0.2) is 0 Å². The summed E-state index contributed by atoms with van der Waals surface area (Å²) in [7, 11) is 0. The molecule has 0 N–H and O–H groups in total. The fourth-order valence-electron chi connectivity index (χ4n) is 8.86. The van der Waals surface area contributed by atoms with Crippen molar-refractivity contribution < 1.29 is 0 Å². The van der Waals surface area contributed by atoms with Crippen LogP contribution in [0.1, 0.15) is 27.8 Å². The van der Waals surface area contributed by atoms with Crippen LogP contribution in [0, 0.1) is 39.0 Å². The van der Waals surface area contributed by atoms with E-state index < -0.39 is 0 Å². The molecule has 0 fully saturated rings. The lowest BCUT2D eigenvalue weighted by atomic mass is 9.98. The largest absolute Gasteiger partial charge is 0.307 e. The van der Waals surface area contributed by atoms with Crippen molar-refractivity contribution in [1.82, 2.24) is 14.1 Å². The lowest BCUT2D eigenvalue weighted by molar-refractivity contribution is 1.06. The second-order valence-corrected chi connectivity index (χ2v) is 15.1. The molecule has 0 aliphatic rings. The van der Waals surface area contributed by atoms with Crippen molar-refractivity contribution in [2.45, 2.75) is 27.7 Å². The molecule has 0 atom stereocenters. The predicted octanol–water partition coefficient (Wildman–Crippen LogP) is 13.4. The molecule has 0 unspecified atom stereocenters. The van der Waals surface area contributed by atoms with Gasteiger partial charge in [-0.3, -0.25) is 4.57 Å². The summed E-state index contributed by atoms with van der Waals surface area (Å²) in [6.45, 7) is 8.61. The highest BCUT2D eigenvalue weighted by atomic mass is 15.1. The summed E-state index contributed by atoms with van der Waals surface area (Å²) in [5, 5.41) is 15.2. The molecule has 0 bridgehead atoms. The van der Waals surface area contributed by atoms with Crippen molar-refractivity contribution in [3.05, 3.63) is 186 Å². The molecule has 0 aliphatic carbocycles. The third-order valence-electron chi connectivity index (χ3n) is 11.1. The van der Waals surface area contributed by atoms with Crippen LogP contribution in [0.2, 0.25) is 0 Å². The molecule has 10 rings (SSSR count). The Morgan fingerprint density at radius 3 is 1.48 bits per heavy atom. The lowest BCUT2D eigenvalue weighted by Gasteiger charge is -2.17. The van der Waals surface area contributed by atoms with Gasteiger partial charge in [0.05, 0.1) is 45.6 Å². The second kappa shape index (κ2) is 13.0. The zero-order chi connectivity index (χ0) is 38.1. The van der Waals surface area contributed by atoms with Crippen molar-refractivity contribution in [3.8, 4) is 51.0 Å². The quantitative estimate of drug-likeness (QED) is 0.178. The molecule has 10 aromatic rings. The number of hydrogen-bond donors (Lipinski definition) is 0. The first kappa shape index (κ1) is 33.4. The molecule has 3 aromatic heterocycles. The van der Waals surface area contributed by atoms with E-state index in [2.05, 4.69) is 176 Å². The summed E-state index contributed by atoms with van der Waals surface area (Å²) < 4.78 is 4.62. The minimum absolute atomic E-state index is 0.613. The summed E-state index contributed by atoms with van der Waals surface area (Å²) in [5.41, 5.74) is 17.3. The van der Waals surface area contributed by atoms with Crippen molar-refractivity contribution in [2.24, 2.45) is 0 Å². The van der Waals surface area contributed by atoms with E-state index in [0.29, 0.717) is 5.56 Å². The van der Waals surface area contributed by atoms with Crippen molar-refractivity contribution in [3.63, 3.8) is 0 Å². The molecule has 4 heteroatoms. The first-order chi connectivity index (χ1) is 27.3. The van der Waals surface area contributed by atoms with Gasteiger partial charge in [0.1, 0.15) is 5.82 Å². The molecule has 3 heterocycles. The maximum absolute atomic E-state index is 10.5. The topological polar surface area (TPSA) is 46.5 Å². The molecule has 0 aliphatic heterocycles. The van der Waals surface area contributed by atoms with Gasteiger partial charge in [-0.1, -0.05) is 138 Å². The number of nitriles is 1. The maximum atomic E-state index is 10.5. The first-order valence-corrected chi connectivity index (χ1v) is 19.1. The second-order valence-electron chi connectivity index (χ2n) is 15.1. The zero-order valence-electron chi connectivity index (χ0n) is 31.8.